The lowest BCUT2D eigenvalue weighted by molar-refractivity contribution is -0.384. The Hall–Kier alpha value is -3.55. The molecule has 8 heteroatoms. The third-order valence-corrected chi connectivity index (χ3v) is 3.62. The van der Waals surface area contributed by atoms with Crippen molar-refractivity contribution in [2.75, 3.05) is 0 Å². The Kier molecular flexibility index (Phi) is 4.51. The van der Waals surface area contributed by atoms with Crippen molar-refractivity contribution in [2.24, 2.45) is 0 Å². The molecule has 1 heterocycles. The first-order valence-corrected chi connectivity index (χ1v) is 7.53. The summed E-state index contributed by atoms with van der Waals surface area (Å²) in [7, 11) is 0. The zero-order valence-electron chi connectivity index (χ0n) is 13.3. The van der Waals surface area contributed by atoms with Gasteiger partial charge in [-0.2, -0.15) is 5.10 Å². The Morgan fingerprint density at radius 2 is 2.00 bits per heavy atom. The summed E-state index contributed by atoms with van der Waals surface area (Å²) in [5.41, 5.74) is 1.15. The summed E-state index contributed by atoms with van der Waals surface area (Å²) in [5, 5.41) is 15.2. The van der Waals surface area contributed by atoms with Gasteiger partial charge in [0.15, 0.2) is 0 Å². The van der Waals surface area contributed by atoms with E-state index >= 15 is 0 Å². The molecule has 0 radical (unpaired) electrons. The second-order valence-corrected chi connectivity index (χ2v) is 5.19. The van der Waals surface area contributed by atoms with Crippen LogP contribution in [0.1, 0.15) is 22.8 Å². The van der Waals surface area contributed by atoms with Crippen LogP contribution in [0.2, 0.25) is 0 Å². The molecule has 0 saturated carbocycles. The lowest BCUT2D eigenvalue weighted by Gasteiger charge is -2.07. The fourth-order valence-corrected chi connectivity index (χ4v) is 2.28. The topological polar surface area (TPSA) is 100 Å². The van der Waals surface area contributed by atoms with E-state index in [-0.39, 0.29) is 16.9 Å². The fourth-order valence-electron chi connectivity index (χ4n) is 2.28. The number of nitro benzene ring substituents is 1. The summed E-state index contributed by atoms with van der Waals surface area (Å²) in [6, 6.07) is 11.2. The van der Waals surface area contributed by atoms with Gasteiger partial charge in [0.1, 0.15) is 24.1 Å². The predicted octanol–water partition coefficient (Wildman–Crippen LogP) is 2.96. The normalized spacial score (nSPS) is 10.4. The number of nitro groups is 1. The smallest absolute Gasteiger partial charge is 0.343 e. The van der Waals surface area contributed by atoms with Crippen molar-refractivity contribution in [3.05, 3.63) is 76.4 Å². The van der Waals surface area contributed by atoms with E-state index in [0.29, 0.717) is 5.75 Å². The summed E-state index contributed by atoms with van der Waals surface area (Å²) < 4.78 is 6.53. The molecular formula is C17H14N4O4. The van der Waals surface area contributed by atoms with Crippen LogP contribution >= 0.6 is 0 Å². The average Bonchev–Trinajstić information content (AvgIpc) is 3.16. The van der Waals surface area contributed by atoms with Gasteiger partial charge in [-0.15, -0.1) is 0 Å². The number of hydrogen-bond donors (Lipinski definition) is 0. The third-order valence-electron chi connectivity index (χ3n) is 3.62. The van der Waals surface area contributed by atoms with E-state index < -0.39 is 10.9 Å². The van der Waals surface area contributed by atoms with Crippen LogP contribution in [0, 0.1) is 10.1 Å². The molecule has 0 saturated heterocycles. The molecule has 0 spiro atoms. The van der Waals surface area contributed by atoms with E-state index in [1.807, 2.05) is 19.1 Å². The number of rotatable bonds is 5. The Labute approximate surface area is 142 Å². The lowest BCUT2D eigenvalue weighted by Crippen LogP contribution is -2.10. The Morgan fingerprint density at radius 1 is 1.24 bits per heavy atom. The number of aryl methyl sites for hydroxylation is 1. The van der Waals surface area contributed by atoms with Crippen LogP contribution in [0.25, 0.3) is 5.69 Å². The van der Waals surface area contributed by atoms with Crippen LogP contribution < -0.4 is 4.74 Å². The highest BCUT2D eigenvalue weighted by Crippen LogP contribution is 2.24. The van der Waals surface area contributed by atoms with E-state index in [1.54, 1.807) is 12.1 Å². The number of nitrogens with zero attached hydrogens (tertiary/aromatic N) is 4. The molecule has 8 nitrogen and oxygen atoms in total. The summed E-state index contributed by atoms with van der Waals surface area (Å²) in [6.45, 7) is 2.02. The van der Waals surface area contributed by atoms with E-state index in [4.69, 9.17) is 4.74 Å². The molecule has 0 amide bonds. The van der Waals surface area contributed by atoms with Gasteiger partial charge in [-0.1, -0.05) is 19.1 Å². The zero-order chi connectivity index (χ0) is 17.8. The maximum absolute atomic E-state index is 12.3. The van der Waals surface area contributed by atoms with Gasteiger partial charge in [0.2, 0.25) is 0 Å². The Morgan fingerprint density at radius 3 is 2.60 bits per heavy atom. The van der Waals surface area contributed by atoms with Gasteiger partial charge in [-0.3, -0.25) is 10.1 Å². The van der Waals surface area contributed by atoms with Crippen LogP contribution in [0.5, 0.6) is 5.75 Å². The highest BCUT2D eigenvalue weighted by atomic mass is 16.6. The monoisotopic (exact) mass is 338 g/mol. The van der Waals surface area contributed by atoms with Gasteiger partial charge in [-0.05, 0) is 36.2 Å². The van der Waals surface area contributed by atoms with Crippen molar-refractivity contribution in [2.45, 2.75) is 13.3 Å². The van der Waals surface area contributed by atoms with Crippen molar-refractivity contribution in [3.63, 3.8) is 0 Å². The first-order valence-electron chi connectivity index (χ1n) is 7.53. The van der Waals surface area contributed by atoms with Crippen LogP contribution in [0.3, 0.4) is 0 Å². The first-order chi connectivity index (χ1) is 12.1. The predicted molar refractivity (Wildman–Crippen MR) is 88.8 cm³/mol. The summed E-state index contributed by atoms with van der Waals surface area (Å²) in [4.78, 5) is 26.8. The Bertz CT molecular complexity index is 905. The van der Waals surface area contributed by atoms with Gasteiger partial charge >= 0.3 is 5.97 Å². The van der Waals surface area contributed by atoms with Gasteiger partial charge < -0.3 is 4.74 Å². The summed E-state index contributed by atoms with van der Waals surface area (Å²) in [5.74, 6) is -0.289. The molecule has 3 aromatic rings. The third kappa shape index (κ3) is 3.52. The minimum Gasteiger partial charge on any atom is -0.423 e. The number of esters is 1. The SMILES string of the molecule is CCc1ccc(OC(=O)c2ccc(-n3cncn3)c([N+](=O)[O-])c2)cc1. The number of hydrogen-bond acceptors (Lipinski definition) is 6. The molecular weight excluding hydrogens is 324 g/mol. The second-order valence-electron chi connectivity index (χ2n) is 5.19. The van der Waals surface area contributed by atoms with E-state index in [9.17, 15) is 14.9 Å². The molecule has 1 aromatic heterocycles. The molecule has 0 bridgehead atoms. The van der Waals surface area contributed by atoms with Crippen LogP contribution in [-0.2, 0) is 6.42 Å². The van der Waals surface area contributed by atoms with E-state index in [1.165, 1.54) is 35.5 Å². The van der Waals surface area contributed by atoms with Crippen LogP contribution in [0.4, 0.5) is 5.69 Å². The summed E-state index contributed by atoms with van der Waals surface area (Å²) >= 11 is 0. The lowest BCUT2D eigenvalue weighted by atomic mass is 10.1. The van der Waals surface area contributed by atoms with Crippen molar-refractivity contribution >= 4 is 11.7 Å². The van der Waals surface area contributed by atoms with Crippen molar-refractivity contribution < 1.29 is 14.5 Å². The number of benzene rings is 2. The molecule has 2 aromatic carbocycles. The highest BCUT2D eigenvalue weighted by Gasteiger charge is 2.20. The van der Waals surface area contributed by atoms with Crippen LogP contribution in [0.15, 0.2) is 55.1 Å². The van der Waals surface area contributed by atoms with Crippen molar-refractivity contribution in [3.8, 4) is 11.4 Å². The van der Waals surface area contributed by atoms with Crippen molar-refractivity contribution in [1.29, 1.82) is 0 Å². The second kappa shape index (κ2) is 6.91. The largest absolute Gasteiger partial charge is 0.423 e. The summed E-state index contributed by atoms with van der Waals surface area (Å²) in [6.07, 6.45) is 3.49. The first kappa shape index (κ1) is 16.3. The maximum atomic E-state index is 12.3. The number of aromatic nitrogens is 3. The number of carbonyl (C=O) groups is 1. The molecule has 126 valence electrons. The zero-order valence-corrected chi connectivity index (χ0v) is 13.3. The molecule has 0 aliphatic carbocycles. The average molecular weight is 338 g/mol. The standard InChI is InChI=1S/C17H14N4O4/c1-2-12-3-6-14(7-4-12)25-17(22)13-5-8-15(16(9-13)21(23)24)20-11-18-10-19-20/h3-11H,2H2,1H3. The molecule has 25 heavy (non-hydrogen) atoms. The Balaban J connectivity index is 1.87. The highest BCUT2D eigenvalue weighted by molar-refractivity contribution is 5.92. The number of ether oxygens (including phenoxy) is 1. The molecule has 0 N–H and O–H groups in total. The fraction of sp³-hybridized carbons (Fsp3) is 0.118. The molecule has 0 unspecified atom stereocenters. The molecule has 3 rings (SSSR count). The van der Waals surface area contributed by atoms with E-state index in [2.05, 4.69) is 10.1 Å². The quantitative estimate of drug-likeness (QED) is 0.307. The maximum Gasteiger partial charge on any atom is 0.343 e. The minimum atomic E-state index is -0.669. The molecule has 0 fully saturated rings. The minimum absolute atomic E-state index is 0.0788. The van der Waals surface area contributed by atoms with Crippen LogP contribution in [-0.4, -0.2) is 25.7 Å². The van der Waals surface area contributed by atoms with Gasteiger partial charge in [0, 0.05) is 6.07 Å². The van der Waals surface area contributed by atoms with Gasteiger partial charge in [0.05, 0.1) is 10.5 Å². The molecule has 0 atom stereocenters. The number of carbonyl (C=O) groups excluding carboxylic acids is 1. The van der Waals surface area contributed by atoms with Gasteiger partial charge in [-0.25, -0.2) is 14.5 Å². The molecule has 0 aliphatic rings. The molecule has 0 aliphatic heterocycles. The van der Waals surface area contributed by atoms with Gasteiger partial charge in [0.25, 0.3) is 5.69 Å². The van der Waals surface area contributed by atoms with E-state index in [0.717, 1.165) is 12.0 Å². The van der Waals surface area contributed by atoms with Crippen molar-refractivity contribution in [1.82, 2.24) is 14.8 Å².